The van der Waals surface area contributed by atoms with Crippen LogP contribution in [0.2, 0.25) is 0 Å². The average Bonchev–Trinajstić information content (AvgIpc) is 3.10. The topological polar surface area (TPSA) is 41.6 Å². The highest BCUT2D eigenvalue weighted by atomic mass is 16.6. The van der Waals surface area contributed by atoms with Crippen LogP contribution < -0.4 is 5.32 Å². The van der Waals surface area contributed by atoms with Gasteiger partial charge in [-0.05, 0) is 58.4 Å². The van der Waals surface area contributed by atoms with Gasteiger partial charge in [0.2, 0.25) is 0 Å². The Labute approximate surface area is 129 Å². The van der Waals surface area contributed by atoms with Gasteiger partial charge in [-0.3, -0.25) is 0 Å². The third-order valence-corrected chi connectivity index (χ3v) is 4.24. The van der Waals surface area contributed by atoms with E-state index in [2.05, 4.69) is 17.1 Å². The summed E-state index contributed by atoms with van der Waals surface area (Å²) in [4.78, 5) is 14.5. The van der Waals surface area contributed by atoms with Gasteiger partial charge in [-0.2, -0.15) is 0 Å². The molecule has 21 heavy (non-hydrogen) atoms. The Morgan fingerprint density at radius 3 is 2.52 bits per heavy atom. The van der Waals surface area contributed by atoms with E-state index in [9.17, 15) is 4.79 Å². The third kappa shape index (κ3) is 6.25. The van der Waals surface area contributed by atoms with E-state index in [4.69, 9.17) is 4.74 Å². The van der Waals surface area contributed by atoms with Crippen molar-refractivity contribution in [2.45, 2.75) is 71.4 Å². The minimum absolute atomic E-state index is 0.240. The molecule has 2 fully saturated rings. The maximum Gasteiger partial charge on any atom is 0.407 e. The van der Waals surface area contributed by atoms with E-state index >= 15 is 0 Å². The van der Waals surface area contributed by atoms with Gasteiger partial charge < -0.3 is 15.0 Å². The van der Waals surface area contributed by atoms with Gasteiger partial charge in [0.25, 0.3) is 0 Å². The van der Waals surface area contributed by atoms with Crippen molar-refractivity contribution >= 4 is 6.09 Å². The second-order valence-corrected chi connectivity index (χ2v) is 7.88. The van der Waals surface area contributed by atoms with Crippen LogP contribution in [0.1, 0.15) is 59.8 Å². The summed E-state index contributed by atoms with van der Waals surface area (Å²) in [5.74, 6) is 1.69. The van der Waals surface area contributed by atoms with Crippen molar-refractivity contribution in [3.63, 3.8) is 0 Å². The van der Waals surface area contributed by atoms with Crippen molar-refractivity contribution in [3.05, 3.63) is 0 Å². The summed E-state index contributed by atoms with van der Waals surface area (Å²) in [6, 6.07) is 0.240. The monoisotopic (exact) mass is 296 g/mol. The fourth-order valence-corrected chi connectivity index (χ4v) is 3.38. The largest absolute Gasteiger partial charge is 0.444 e. The number of hydrogen-bond acceptors (Lipinski definition) is 3. The lowest BCUT2D eigenvalue weighted by Gasteiger charge is -2.38. The lowest BCUT2D eigenvalue weighted by Crippen LogP contribution is -2.51. The SMILES string of the molecule is CCCN1CC(CC2CC2)CC(NC(=O)OC(C)(C)C)C1. The van der Waals surface area contributed by atoms with Crippen LogP contribution in [0, 0.1) is 11.8 Å². The summed E-state index contributed by atoms with van der Waals surface area (Å²) >= 11 is 0. The number of nitrogens with zero attached hydrogens (tertiary/aromatic N) is 1. The summed E-state index contributed by atoms with van der Waals surface area (Å²) in [5.41, 5.74) is -0.421. The maximum atomic E-state index is 12.0. The van der Waals surface area contributed by atoms with Crippen molar-refractivity contribution in [1.29, 1.82) is 0 Å². The Morgan fingerprint density at radius 2 is 1.95 bits per heavy atom. The van der Waals surface area contributed by atoms with Gasteiger partial charge in [0, 0.05) is 19.1 Å². The molecule has 0 aromatic heterocycles. The van der Waals surface area contributed by atoms with E-state index in [1.165, 1.54) is 32.2 Å². The first-order valence-electron chi connectivity index (χ1n) is 8.57. The Hall–Kier alpha value is -0.770. The van der Waals surface area contributed by atoms with Gasteiger partial charge in [-0.1, -0.05) is 19.8 Å². The quantitative estimate of drug-likeness (QED) is 0.845. The number of likely N-dealkylation sites (tertiary alicyclic amines) is 1. The third-order valence-electron chi connectivity index (χ3n) is 4.24. The first-order chi connectivity index (χ1) is 9.85. The molecule has 1 aliphatic heterocycles. The Kier molecular flexibility index (Phi) is 5.53. The molecule has 0 aromatic carbocycles. The zero-order chi connectivity index (χ0) is 15.5. The highest BCUT2D eigenvalue weighted by Gasteiger charge is 2.33. The van der Waals surface area contributed by atoms with Crippen LogP contribution in [0.5, 0.6) is 0 Å². The first kappa shape index (κ1) is 16.6. The molecule has 1 heterocycles. The molecule has 1 saturated heterocycles. The van der Waals surface area contributed by atoms with Crippen LogP contribution >= 0.6 is 0 Å². The first-order valence-corrected chi connectivity index (χ1v) is 8.57. The minimum Gasteiger partial charge on any atom is -0.444 e. The van der Waals surface area contributed by atoms with Crippen LogP contribution in [0.15, 0.2) is 0 Å². The number of nitrogens with one attached hydrogen (secondary N) is 1. The molecule has 0 aromatic rings. The van der Waals surface area contributed by atoms with E-state index in [1.807, 2.05) is 20.8 Å². The minimum atomic E-state index is -0.421. The molecule has 2 aliphatic rings. The number of ether oxygens (including phenoxy) is 1. The van der Waals surface area contributed by atoms with Gasteiger partial charge in [0.05, 0.1) is 0 Å². The van der Waals surface area contributed by atoms with E-state index < -0.39 is 5.60 Å². The van der Waals surface area contributed by atoms with E-state index in [0.717, 1.165) is 31.3 Å². The maximum absolute atomic E-state index is 12.0. The number of carbonyl (C=O) groups is 1. The summed E-state index contributed by atoms with van der Waals surface area (Å²) < 4.78 is 5.40. The molecule has 2 unspecified atom stereocenters. The summed E-state index contributed by atoms with van der Waals surface area (Å²) in [7, 11) is 0. The molecule has 1 amide bonds. The normalized spacial score (nSPS) is 27.4. The molecule has 122 valence electrons. The van der Waals surface area contributed by atoms with Gasteiger partial charge >= 0.3 is 6.09 Å². The Balaban J connectivity index is 1.85. The fraction of sp³-hybridized carbons (Fsp3) is 0.941. The molecule has 4 heteroatoms. The van der Waals surface area contributed by atoms with Crippen molar-refractivity contribution in [2.24, 2.45) is 11.8 Å². The highest BCUT2D eigenvalue weighted by molar-refractivity contribution is 5.68. The number of alkyl carbamates (subject to hydrolysis) is 1. The molecule has 2 rings (SSSR count). The van der Waals surface area contributed by atoms with Crippen molar-refractivity contribution in [1.82, 2.24) is 10.2 Å². The second kappa shape index (κ2) is 6.99. The Bertz CT molecular complexity index is 347. The lowest BCUT2D eigenvalue weighted by molar-refractivity contribution is 0.0444. The van der Waals surface area contributed by atoms with Crippen LogP contribution in [0.25, 0.3) is 0 Å². The number of hydrogen-bond donors (Lipinski definition) is 1. The van der Waals surface area contributed by atoms with Crippen LogP contribution in [-0.4, -0.2) is 42.3 Å². The predicted octanol–water partition coefficient (Wildman–Crippen LogP) is 3.41. The molecular weight excluding hydrogens is 264 g/mol. The molecule has 1 aliphatic carbocycles. The number of rotatable bonds is 5. The number of amides is 1. The average molecular weight is 296 g/mol. The summed E-state index contributed by atoms with van der Waals surface area (Å²) in [6.07, 6.45) is 6.18. The predicted molar refractivity (Wildman–Crippen MR) is 85.3 cm³/mol. The number of carbonyl (C=O) groups excluding carboxylic acids is 1. The van der Waals surface area contributed by atoms with E-state index in [0.29, 0.717) is 0 Å². The van der Waals surface area contributed by atoms with Crippen molar-refractivity contribution in [3.8, 4) is 0 Å². The zero-order valence-corrected chi connectivity index (χ0v) is 14.2. The van der Waals surface area contributed by atoms with Gasteiger partial charge in [-0.25, -0.2) is 4.79 Å². The number of piperidine rings is 1. The van der Waals surface area contributed by atoms with E-state index in [1.54, 1.807) is 0 Å². The lowest BCUT2D eigenvalue weighted by atomic mass is 9.89. The molecule has 1 N–H and O–H groups in total. The molecule has 0 spiro atoms. The molecule has 0 radical (unpaired) electrons. The van der Waals surface area contributed by atoms with E-state index in [-0.39, 0.29) is 12.1 Å². The van der Waals surface area contributed by atoms with Crippen LogP contribution in [0.3, 0.4) is 0 Å². The van der Waals surface area contributed by atoms with Gasteiger partial charge in [-0.15, -0.1) is 0 Å². The van der Waals surface area contributed by atoms with Crippen LogP contribution in [0.4, 0.5) is 4.79 Å². The van der Waals surface area contributed by atoms with Gasteiger partial charge in [0.1, 0.15) is 5.60 Å². The van der Waals surface area contributed by atoms with Gasteiger partial charge in [0.15, 0.2) is 0 Å². The highest BCUT2D eigenvalue weighted by Crippen LogP contribution is 2.37. The molecule has 2 atom stereocenters. The zero-order valence-electron chi connectivity index (χ0n) is 14.2. The second-order valence-electron chi connectivity index (χ2n) is 7.88. The van der Waals surface area contributed by atoms with Crippen molar-refractivity contribution in [2.75, 3.05) is 19.6 Å². The standard InChI is InChI=1S/C17H32N2O2/c1-5-8-19-11-14(9-13-6-7-13)10-15(12-19)18-16(20)21-17(2,3)4/h13-15H,5-12H2,1-4H3,(H,18,20). The smallest absolute Gasteiger partial charge is 0.407 e. The molecular formula is C17H32N2O2. The summed E-state index contributed by atoms with van der Waals surface area (Å²) in [5, 5.41) is 3.08. The fourth-order valence-electron chi connectivity index (χ4n) is 3.38. The Morgan fingerprint density at radius 1 is 1.24 bits per heavy atom. The van der Waals surface area contributed by atoms with Crippen molar-refractivity contribution < 1.29 is 9.53 Å². The van der Waals surface area contributed by atoms with Crippen LogP contribution in [-0.2, 0) is 4.74 Å². The molecule has 0 bridgehead atoms. The molecule has 4 nitrogen and oxygen atoms in total. The summed E-state index contributed by atoms with van der Waals surface area (Å²) in [6.45, 7) is 11.3. The molecule has 1 saturated carbocycles.